The largest absolute Gasteiger partial charge is 0.378 e. The number of hydrogen-bond acceptors (Lipinski definition) is 6. The third-order valence-electron chi connectivity index (χ3n) is 5.99. The maximum Gasteiger partial charge on any atom is 0.305 e. The van der Waals surface area contributed by atoms with Crippen LogP contribution in [0.2, 0.25) is 0 Å². The Labute approximate surface area is 186 Å². The van der Waals surface area contributed by atoms with Gasteiger partial charge in [-0.15, -0.1) is 0 Å². The number of allylic oxidation sites excluding steroid dienone is 1. The topological polar surface area (TPSA) is 75.5 Å². The first-order valence-corrected chi connectivity index (χ1v) is 11.3. The van der Waals surface area contributed by atoms with Gasteiger partial charge in [-0.2, -0.15) is 0 Å². The van der Waals surface area contributed by atoms with E-state index in [0.29, 0.717) is 19.6 Å². The summed E-state index contributed by atoms with van der Waals surface area (Å²) in [6.45, 7) is 2.82. The lowest BCUT2D eigenvalue weighted by molar-refractivity contribution is 0.122. The normalized spacial score (nSPS) is 18.3. The van der Waals surface area contributed by atoms with Gasteiger partial charge in [0.15, 0.2) is 11.5 Å². The van der Waals surface area contributed by atoms with Crippen LogP contribution in [0.1, 0.15) is 22.2 Å². The summed E-state index contributed by atoms with van der Waals surface area (Å²) >= 11 is 1.25. The van der Waals surface area contributed by atoms with Crippen LogP contribution in [0.3, 0.4) is 0 Å². The minimum Gasteiger partial charge on any atom is -0.378 e. The zero-order valence-corrected chi connectivity index (χ0v) is 17.9. The van der Waals surface area contributed by atoms with Crippen molar-refractivity contribution < 1.29 is 9.13 Å². The van der Waals surface area contributed by atoms with Crippen molar-refractivity contribution in [1.29, 1.82) is 0 Å². The van der Waals surface area contributed by atoms with Gasteiger partial charge in [0.25, 0.3) is 0 Å². The van der Waals surface area contributed by atoms with E-state index in [0.717, 1.165) is 52.1 Å². The van der Waals surface area contributed by atoms with Crippen LogP contribution in [0.4, 0.5) is 10.2 Å². The number of aromatic amines is 1. The van der Waals surface area contributed by atoms with Crippen LogP contribution in [0.25, 0.3) is 23.0 Å². The van der Waals surface area contributed by atoms with Crippen molar-refractivity contribution in [3.8, 4) is 11.3 Å². The molecular weight excluding hydrogens is 429 g/mol. The number of halogens is 1. The summed E-state index contributed by atoms with van der Waals surface area (Å²) in [6.07, 6.45) is 8.50. The zero-order chi connectivity index (χ0) is 21.7. The Bertz CT molecular complexity index is 1380. The molecule has 1 aliphatic carbocycles. The van der Waals surface area contributed by atoms with E-state index in [1.807, 2.05) is 12.3 Å². The van der Waals surface area contributed by atoms with Gasteiger partial charge in [0.2, 0.25) is 0 Å². The van der Waals surface area contributed by atoms with Gasteiger partial charge in [-0.1, -0.05) is 17.4 Å². The Balaban J connectivity index is 1.54. The molecule has 162 valence electrons. The van der Waals surface area contributed by atoms with Gasteiger partial charge < -0.3 is 14.6 Å². The molecule has 9 heteroatoms. The standard InChI is InChI=1S/C23H20FN5O2S/c24-16-4-1-14(2-5-16)19-20(15-3-6-17-18(13-15)32-23(30)26-17)29-8-7-25-21(22(29)27-19)28-9-11-31-12-10-28/h1-8,15H,9-13H2,(H,26,30). The molecule has 4 aromatic rings. The first-order chi connectivity index (χ1) is 15.7. The number of ether oxygens (including phenoxy) is 1. The van der Waals surface area contributed by atoms with Crippen LogP contribution in [0.5, 0.6) is 0 Å². The maximum absolute atomic E-state index is 13.6. The van der Waals surface area contributed by atoms with Gasteiger partial charge >= 0.3 is 4.87 Å². The van der Waals surface area contributed by atoms with E-state index in [1.165, 1.54) is 23.5 Å². The minimum absolute atomic E-state index is 0.0175. The predicted molar refractivity (Wildman–Crippen MR) is 122 cm³/mol. The number of nitrogens with one attached hydrogen (secondary N) is 1. The van der Waals surface area contributed by atoms with Crippen molar-refractivity contribution >= 4 is 28.9 Å². The molecule has 0 bridgehead atoms. The molecule has 6 rings (SSSR count). The quantitative estimate of drug-likeness (QED) is 0.518. The van der Waals surface area contributed by atoms with Crippen molar-refractivity contribution in [2.24, 2.45) is 0 Å². The summed E-state index contributed by atoms with van der Waals surface area (Å²) in [5, 5.41) is 0. The summed E-state index contributed by atoms with van der Waals surface area (Å²) in [7, 11) is 0. The summed E-state index contributed by atoms with van der Waals surface area (Å²) in [6, 6.07) is 6.43. The van der Waals surface area contributed by atoms with Crippen molar-refractivity contribution in [3.05, 3.63) is 74.5 Å². The molecule has 2 aliphatic rings. The second kappa shape index (κ2) is 7.68. The van der Waals surface area contributed by atoms with Gasteiger partial charge in [-0.05, 0) is 36.8 Å². The monoisotopic (exact) mass is 449 g/mol. The van der Waals surface area contributed by atoms with Crippen LogP contribution in [0, 0.1) is 5.82 Å². The number of anilines is 1. The Kier molecular flexibility index (Phi) is 4.65. The Morgan fingerprint density at radius 1 is 1.19 bits per heavy atom. The molecule has 1 fully saturated rings. The van der Waals surface area contributed by atoms with Gasteiger partial charge in [0.05, 0.1) is 30.3 Å². The van der Waals surface area contributed by atoms with Crippen LogP contribution in [0.15, 0.2) is 47.5 Å². The summed E-state index contributed by atoms with van der Waals surface area (Å²) in [5.41, 5.74) is 4.30. The molecule has 1 aromatic carbocycles. The molecule has 1 saturated heterocycles. The molecule has 1 aliphatic heterocycles. The Morgan fingerprint density at radius 3 is 2.81 bits per heavy atom. The van der Waals surface area contributed by atoms with Gasteiger partial charge in [-0.3, -0.25) is 9.20 Å². The van der Waals surface area contributed by atoms with Gasteiger partial charge in [-0.25, -0.2) is 14.4 Å². The molecule has 7 nitrogen and oxygen atoms in total. The summed E-state index contributed by atoms with van der Waals surface area (Å²) in [4.78, 5) is 27.6. The number of imidazole rings is 1. The number of nitrogens with zero attached hydrogens (tertiary/aromatic N) is 4. The smallest absolute Gasteiger partial charge is 0.305 e. The molecule has 0 amide bonds. The number of benzene rings is 1. The third-order valence-corrected chi connectivity index (χ3v) is 6.91. The molecular formula is C23H20FN5O2S. The highest BCUT2D eigenvalue weighted by Crippen LogP contribution is 2.38. The predicted octanol–water partition coefficient (Wildman–Crippen LogP) is 3.47. The average Bonchev–Trinajstić information content (AvgIpc) is 3.39. The molecule has 1 N–H and O–H groups in total. The molecule has 1 atom stereocenters. The third kappa shape index (κ3) is 3.25. The van der Waals surface area contributed by atoms with Crippen LogP contribution >= 0.6 is 11.3 Å². The lowest BCUT2D eigenvalue weighted by Crippen LogP contribution is -2.37. The highest BCUT2D eigenvalue weighted by Gasteiger charge is 2.27. The molecule has 4 heterocycles. The number of H-pyrrole nitrogens is 1. The van der Waals surface area contributed by atoms with Gasteiger partial charge in [0.1, 0.15) is 5.82 Å². The van der Waals surface area contributed by atoms with E-state index in [1.54, 1.807) is 18.3 Å². The SMILES string of the molecule is O=c1[nH]c2c(s1)CC(c1c(-c3ccc(F)cc3)nc3c(N4CCOCC4)nccn13)C=C2. The Morgan fingerprint density at radius 2 is 2.00 bits per heavy atom. The van der Waals surface area contributed by atoms with Gasteiger partial charge in [0, 0.05) is 41.8 Å². The summed E-state index contributed by atoms with van der Waals surface area (Å²) in [5.74, 6) is 0.551. The highest BCUT2D eigenvalue weighted by molar-refractivity contribution is 7.09. The molecule has 0 spiro atoms. The highest BCUT2D eigenvalue weighted by atomic mass is 32.1. The fourth-order valence-electron chi connectivity index (χ4n) is 4.48. The zero-order valence-electron chi connectivity index (χ0n) is 17.1. The fourth-order valence-corrected chi connectivity index (χ4v) is 5.36. The van der Waals surface area contributed by atoms with Crippen LogP contribution in [-0.4, -0.2) is 45.7 Å². The maximum atomic E-state index is 13.6. The number of thiazole rings is 1. The van der Waals surface area contributed by atoms with E-state index < -0.39 is 0 Å². The second-order valence-corrected chi connectivity index (χ2v) is 8.99. The van der Waals surface area contributed by atoms with Crippen molar-refractivity contribution in [1.82, 2.24) is 19.4 Å². The van der Waals surface area contributed by atoms with Crippen molar-refractivity contribution in [3.63, 3.8) is 0 Å². The molecule has 0 radical (unpaired) electrons. The minimum atomic E-state index is -0.283. The number of morpholine rings is 1. The van der Waals surface area contributed by atoms with E-state index in [2.05, 4.69) is 25.3 Å². The number of fused-ring (bicyclic) bond motifs is 2. The number of rotatable bonds is 3. The molecule has 0 saturated carbocycles. The van der Waals surface area contributed by atoms with E-state index in [9.17, 15) is 9.18 Å². The van der Waals surface area contributed by atoms with E-state index in [4.69, 9.17) is 9.72 Å². The lowest BCUT2D eigenvalue weighted by atomic mass is 9.92. The first kappa shape index (κ1) is 19.4. The average molecular weight is 450 g/mol. The molecule has 1 unspecified atom stereocenters. The fraction of sp³-hybridized carbons (Fsp3) is 0.261. The van der Waals surface area contributed by atoms with Crippen molar-refractivity contribution in [2.45, 2.75) is 12.3 Å². The summed E-state index contributed by atoms with van der Waals surface area (Å²) < 4.78 is 21.2. The van der Waals surface area contributed by atoms with E-state index >= 15 is 0 Å². The van der Waals surface area contributed by atoms with Crippen molar-refractivity contribution in [2.75, 3.05) is 31.2 Å². The molecule has 3 aromatic heterocycles. The Hall–Kier alpha value is -3.30. The number of hydrogen-bond donors (Lipinski definition) is 1. The van der Waals surface area contributed by atoms with E-state index in [-0.39, 0.29) is 16.6 Å². The van der Waals surface area contributed by atoms with Crippen LogP contribution in [-0.2, 0) is 11.2 Å². The molecule has 32 heavy (non-hydrogen) atoms. The lowest BCUT2D eigenvalue weighted by Gasteiger charge is -2.27. The second-order valence-electron chi connectivity index (χ2n) is 7.92. The number of aromatic nitrogens is 4. The van der Waals surface area contributed by atoms with Crippen LogP contribution < -0.4 is 9.77 Å². The first-order valence-electron chi connectivity index (χ1n) is 10.5.